The minimum Gasteiger partial charge on any atom is -0.355 e. The van der Waals surface area contributed by atoms with Gasteiger partial charge in [0.15, 0.2) is 0 Å². The number of carbonyl (C=O) groups is 1. The number of aromatic nitrogens is 2. The molecule has 0 radical (unpaired) electrons. The van der Waals surface area contributed by atoms with Crippen LogP contribution in [0.2, 0.25) is 0 Å². The maximum atomic E-state index is 13.1. The van der Waals surface area contributed by atoms with Crippen molar-refractivity contribution in [3.8, 4) is 11.3 Å². The fraction of sp³-hybridized carbons (Fsp3) is 0.429. The molecule has 0 aliphatic carbocycles. The van der Waals surface area contributed by atoms with Crippen molar-refractivity contribution in [1.82, 2.24) is 14.9 Å². The molecule has 1 unspecified atom stereocenters. The number of anilines is 1. The van der Waals surface area contributed by atoms with Crippen LogP contribution in [0, 0.1) is 5.92 Å². The lowest BCUT2D eigenvalue weighted by Gasteiger charge is -2.29. The van der Waals surface area contributed by atoms with Crippen LogP contribution in [0.15, 0.2) is 52.8 Å². The second kappa shape index (κ2) is 11.7. The number of halogens is 4. The maximum Gasteiger partial charge on any atom is 0.416 e. The van der Waals surface area contributed by atoms with E-state index in [9.17, 15) is 18.0 Å². The van der Waals surface area contributed by atoms with Crippen LogP contribution in [0.4, 0.5) is 19.0 Å². The van der Waals surface area contributed by atoms with E-state index >= 15 is 0 Å². The zero-order valence-electron chi connectivity index (χ0n) is 21.7. The molecule has 38 heavy (non-hydrogen) atoms. The van der Waals surface area contributed by atoms with E-state index in [0.29, 0.717) is 46.3 Å². The number of hydrogen-bond acceptors (Lipinski definition) is 5. The van der Waals surface area contributed by atoms with Gasteiger partial charge in [-0.15, -0.1) is 0 Å². The smallest absolute Gasteiger partial charge is 0.355 e. The SMILES string of the molecule is CC(C)C(=O)N(C)C1CCCN(c2cnc(-c3ccc(C(F)(F)F)cc3)c(C3=CCC=NC=C3Cl)n2)CC1. The third kappa shape index (κ3) is 6.26. The predicted octanol–water partition coefficient (Wildman–Crippen LogP) is 6.57. The molecule has 1 amide bonds. The van der Waals surface area contributed by atoms with Crippen molar-refractivity contribution in [2.75, 3.05) is 25.0 Å². The first kappa shape index (κ1) is 27.8. The van der Waals surface area contributed by atoms with Gasteiger partial charge in [0, 0.05) is 62.1 Å². The van der Waals surface area contributed by atoms with Crippen LogP contribution in [0.3, 0.4) is 0 Å². The highest BCUT2D eigenvalue weighted by atomic mass is 35.5. The van der Waals surface area contributed by atoms with Gasteiger partial charge in [-0.2, -0.15) is 13.2 Å². The number of carbonyl (C=O) groups excluding carboxylic acids is 1. The Morgan fingerprint density at radius 1 is 1.13 bits per heavy atom. The van der Waals surface area contributed by atoms with Gasteiger partial charge < -0.3 is 9.80 Å². The van der Waals surface area contributed by atoms with E-state index in [1.807, 2.05) is 31.9 Å². The summed E-state index contributed by atoms with van der Waals surface area (Å²) in [5.74, 6) is 0.736. The van der Waals surface area contributed by atoms with Crippen molar-refractivity contribution in [3.05, 3.63) is 59.0 Å². The van der Waals surface area contributed by atoms with Crippen molar-refractivity contribution in [3.63, 3.8) is 0 Å². The fourth-order valence-electron chi connectivity index (χ4n) is 4.76. The predicted molar refractivity (Wildman–Crippen MR) is 145 cm³/mol. The van der Waals surface area contributed by atoms with Crippen molar-refractivity contribution < 1.29 is 18.0 Å². The third-order valence-electron chi connectivity index (χ3n) is 6.89. The molecule has 1 aromatic carbocycles. The molecule has 4 rings (SSSR count). The molecular formula is C28H31ClF3N5O. The largest absolute Gasteiger partial charge is 0.416 e. The average Bonchev–Trinajstić information content (AvgIpc) is 3.27. The second-order valence-electron chi connectivity index (χ2n) is 9.84. The van der Waals surface area contributed by atoms with Crippen LogP contribution in [-0.4, -0.2) is 53.2 Å². The number of benzene rings is 1. The summed E-state index contributed by atoms with van der Waals surface area (Å²) < 4.78 is 39.4. The first-order chi connectivity index (χ1) is 18.1. The maximum absolute atomic E-state index is 13.1. The minimum absolute atomic E-state index is 0.0554. The van der Waals surface area contributed by atoms with Crippen LogP contribution in [0.25, 0.3) is 16.8 Å². The number of rotatable bonds is 5. The van der Waals surface area contributed by atoms with Crippen molar-refractivity contribution in [2.45, 2.75) is 51.7 Å². The van der Waals surface area contributed by atoms with Gasteiger partial charge in [-0.05, 0) is 31.4 Å². The van der Waals surface area contributed by atoms with E-state index in [4.69, 9.17) is 16.6 Å². The molecule has 2 aromatic rings. The summed E-state index contributed by atoms with van der Waals surface area (Å²) >= 11 is 6.55. The molecule has 0 spiro atoms. The topological polar surface area (TPSA) is 61.7 Å². The van der Waals surface area contributed by atoms with Gasteiger partial charge in [0.2, 0.25) is 5.91 Å². The summed E-state index contributed by atoms with van der Waals surface area (Å²) in [6.07, 6.45) is 5.47. The molecule has 1 fully saturated rings. The highest BCUT2D eigenvalue weighted by Crippen LogP contribution is 2.36. The Kier molecular flexibility index (Phi) is 8.55. The highest BCUT2D eigenvalue weighted by molar-refractivity contribution is 6.37. The van der Waals surface area contributed by atoms with Crippen LogP contribution >= 0.6 is 11.6 Å². The van der Waals surface area contributed by atoms with Crippen molar-refractivity contribution >= 4 is 35.1 Å². The fourth-order valence-corrected chi connectivity index (χ4v) is 4.98. The summed E-state index contributed by atoms with van der Waals surface area (Å²) in [6.45, 7) is 5.26. The number of allylic oxidation sites excluding steroid dienone is 3. The molecule has 0 bridgehead atoms. The van der Waals surface area contributed by atoms with Crippen LogP contribution in [-0.2, 0) is 11.0 Å². The summed E-state index contributed by atoms with van der Waals surface area (Å²) in [7, 11) is 1.87. The average molecular weight is 546 g/mol. The van der Waals surface area contributed by atoms with E-state index in [1.165, 1.54) is 18.3 Å². The number of aliphatic imine (C=N–C) groups is 1. The quantitative estimate of drug-likeness (QED) is 0.426. The lowest BCUT2D eigenvalue weighted by Crippen LogP contribution is -2.40. The molecule has 1 saturated heterocycles. The first-order valence-electron chi connectivity index (χ1n) is 12.7. The van der Waals surface area contributed by atoms with E-state index in [0.717, 1.165) is 37.9 Å². The van der Waals surface area contributed by atoms with Crippen molar-refractivity contribution in [2.24, 2.45) is 10.9 Å². The number of alkyl halides is 3. The number of amides is 1. The van der Waals surface area contributed by atoms with E-state index in [2.05, 4.69) is 14.9 Å². The van der Waals surface area contributed by atoms with E-state index in [-0.39, 0.29) is 17.9 Å². The Morgan fingerprint density at radius 2 is 1.87 bits per heavy atom. The normalized spacial score (nSPS) is 18.5. The molecular weight excluding hydrogens is 515 g/mol. The first-order valence-corrected chi connectivity index (χ1v) is 13.1. The molecule has 0 N–H and O–H groups in total. The van der Waals surface area contributed by atoms with Crippen LogP contribution in [0.5, 0.6) is 0 Å². The lowest BCUT2D eigenvalue weighted by atomic mass is 10.0. The second-order valence-corrected chi connectivity index (χ2v) is 10.2. The molecule has 0 saturated carbocycles. The molecule has 2 aliphatic heterocycles. The van der Waals surface area contributed by atoms with Gasteiger partial charge in [-0.25, -0.2) is 4.98 Å². The van der Waals surface area contributed by atoms with Crippen LogP contribution < -0.4 is 4.90 Å². The van der Waals surface area contributed by atoms with Gasteiger partial charge in [0.1, 0.15) is 11.5 Å². The monoisotopic (exact) mass is 545 g/mol. The summed E-state index contributed by atoms with van der Waals surface area (Å²) in [5.41, 5.74) is 1.34. The molecule has 202 valence electrons. The number of nitrogens with zero attached hydrogens (tertiary/aromatic N) is 5. The zero-order chi connectivity index (χ0) is 27.4. The zero-order valence-corrected chi connectivity index (χ0v) is 22.4. The Hall–Kier alpha value is -3.20. The van der Waals surface area contributed by atoms with Gasteiger partial charge in [0.25, 0.3) is 0 Å². The summed E-state index contributed by atoms with van der Waals surface area (Å²) in [6, 6.07) is 5.04. The molecule has 1 aromatic heterocycles. The minimum atomic E-state index is -4.43. The molecule has 1 atom stereocenters. The molecule has 10 heteroatoms. The summed E-state index contributed by atoms with van der Waals surface area (Å²) in [5, 5.41) is 0.378. The Morgan fingerprint density at radius 3 is 2.55 bits per heavy atom. The highest BCUT2D eigenvalue weighted by Gasteiger charge is 2.31. The van der Waals surface area contributed by atoms with Gasteiger partial charge in [-0.3, -0.25) is 14.8 Å². The summed E-state index contributed by atoms with van der Waals surface area (Å²) in [4.78, 5) is 30.3. The molecule has 2 aliphatic rings. The van der Waals surface area contributed by atoms with Gasteiger partial charge >= 0.3 is 6.18 Å². The number of hydrogen-bond donors (Lipinski definition) is 0. The van der Waals surface area contributed by atoms with Crippen molar-refractivity contribution in [1.29, 1.82) is 0 Å². The Labute approximate surface area is 225 Å². The Balaban J connectivity index is 1.68. The third-order valence-corrected chi connectivity index (χ3v) is 7.19. The standard InChI is InChI=1S/C28H31ClF3N5O/c1-18(2)27(38)36(3)21-6-5-14-37(15-12-21)24-17-34-25(19-8-10-20(11-9-19)28(30,31)32)26(35-24)22-7-4-13-33-16-23(22)29/h7-11,13,16-18,21H,4-6,12,14-15H2,1-3H3. The van der Waals surface area contributed by atoms with E-state index in [1.54, 1.807) is 12.4 Å². The van der Waals surface area contributed by atoms with Gasteiger partial charge in [-0.1, -0.05) is 43.7 Å². The molecule has 6 nitrogen and oxygen atoms in total. The van der Waals surface area contributed by atoms with E-state index < -0.39 is 11.7 Å². The molecule has 3 heterocycles. The van der Waals surface area contributed by atoms with Crippen LogP contribution in [0.1, 0.15) is 50.8 Å². The van der Waals surface area contributed by atoms with Gasteiger partial charge in [0.05, 0.1) is 22.5 Å². The Bertz CT molecular complexity index is 1250. The lowest BCUT2D eigenvalue weighted by molar-refractivity contribution is -0.137.